The maximum absolute atomic E-state index is 14.8. The molecule has 0 radical (unpaired) electrons. The van der Waals surface area contributed by atoms with E-state index in [4.69, 9.17) is 0 Å². The van der Waals surface area contributed by atoms with Crippen LogP contribution in [0.15, 0.2) is 297 Å². The number of benzene rings is 11. The van der Waals surface area contributed by atoms with Crippen LogP contribution < -0.4 is 14.7 Å². The molecule has 0 amide bonds. The van der Waals surface area contributed by atoms with E-state index in [0.717, 1.165) is 73.4 Å². The zero-order chi connectivity index (χ0) is 49.3. The summed E-state index contributed by atoms with van der Waals surface area (Å²) in [4.78, 5) is 36.1. The third-order valence-corrected chi connectivity index (χ3v) is 13.0. The third kappa shape index (κ3) is 9.72. The number of hydrogen-bond donors (Lipinski definition) is 0. The van der Waals surface area contributed by atoms with Gasteiger partial charge in [0.15, 0.2) is 11.6 Å². The van der Waals surface area contributed by atoms with Crippen molar-refractivity contribution < 1.29 is 9.59 Å². The molecule has 0 aromatic heterocycles. The molecule has 0 unspecified atom stereocenters. The van der Waals surface area contributed by atoms with E-state index in [1.54, 1.807) is 0 Å². The Balaban J connectivity index is 0.891. The highest BCUT2D eigenvalue weighted by Gasteiger charge is 2.22. The molecular weight excluding hydrogens is 891 g/mol. The molecule has 73 heavy (non-hydrogen) atoms. The lowest BCUT2D eigenvalue weighted by Gasteiger charge is -2.26. The monoisotopic (exact) mass is 939 g/mol. The molecule has 0 N–H and O–H groups in total. The lowest BCUT2D eigenvalue weighted by molar-refractivity contribution is 0.103. The standard InChI is InChI=1S/C68H49N3O2/c72-67(65-38-18-16-36-63(65)50-40-44-59(45-41-50)69(54-24-6-1-7-25-54)55-26-8-2-9-27-55)52-22-20-34-61(48-52)71(58-32-14-5-15-33-58)62-35-21-23-53(49-62)68(73)66-39-19-17-37-64(66)51-42-46-60(47-43-51)70(56-28-10-3-11-29-56)57-30-12-4-13-31-57/h1-49H. The van der Waals surface area contributed by atoms with Gasteiger partial charge in [-0.25, -0.2) is 0 Å². The van der Waals surface area contributed by atoms with Crippen molar-refractivity contribution in [3.63, 3.8) is 0 Å². The van der Waals surface area contributed by atoms with Crippen LogP contribution in [0.1, 0.15) is 31.8 Å². The highest BCUT2D eigenvalue weighted by Crippen LogP contribution is 2.40. The summed E-state index contributed by atoms with van der Waals surface area (Å²) in [5, 5.41) is 0. The summed E-state index contributed by atoms with van der Waals surface area (Å²) in [5.41, 5.74) is 14.6. The molecule has 0 aliphatic carbocycles. The fraction of sp³-hybridized carbons (Fsp3) is 0. The molecule has 0 saturated carbocycles. The summed E-state index contributed by atoms with van der Waals surface area (Å²) >= 11 is 0. The van der Waals surface area contributed by atoms with Gasteiger partial charge in [0.2, 0.25) is 0 Å². The van der Waals surface area contributed by atoms with E-state index in [1.807, 2.05) is 200 Å². The topological polar surface area (TPSA) is 43.9 Å². The van der Waals surface area contributed by atoms with Gasteiger partial charge in [-0.3, -0.25) is 9.59 Å². The second kappa shape index (κ2) is 21.0. The van der Waals surface area contributed by atoms with E-state index in [-0.39, 0.29) is 11.6 Å². The average Bonchev–Trinajstić information content (AvgIpc) is 3.47. The van der Waals surface area contributed by atoms with Crippen molar-refractivity contribution in [2.75, 3.05) is 14.7 Å². The number of rotatable bonds is 15. The van der Waals surface area contributed by atoms with Crippen LogP contribution in [-0.2, 0) is 0 Å². The summed E-state index contributed by atoms with van der Waals surface area (Å²) < 4.78 is 0. The molecule has 11 aromatic carbocycles. The van der Waals surface area contributed by atoms with Gasteiger partial charge in [0.25, 0.3) is 0 Å². The number of carbonyl (C=O) groups excluding carboxylic acids is 2. The van der Waals surface area contributed by atoms with Crippen molar-refractivity contribution in [1.29, 1.82) is 0 Å². The average molecular weight is 940 g/mol. The SMILES string of the molecule is O=C(c1cccc(N(c2ccccc2)c2cccc(C(=O)c3ccccc3-c3ccc(N(c4ccccc4)c4ccccc4)cc3)c2)c1)c1ccccc1-c1ccc(N(c2ccccc2)c2ccccc2)cc1. The quantitative estimate of drug-likeness (QED) is 0.0958. The van der Waals surface area contributed by atoms with Crippen LogP contribution in [0.2, 0.25) is 0 Å². The third-order valence-electron chi connectivity index (χ3n) is 13.0. The van der Waals surface area contributed by atoms with Crippen LogP contribution in [-0.4, -0.2) is 11.6 Å². The minimum atomic E-state index is -0.0915. The van der Waals surface area contributed by atoms with Crippen LogP contribution in [0.4, 0.5) is 51.2 Å². The number of para-hydroxylation sites is 5. The Kier molecular flexibility index (Phi) is 13.1. The van der Waals surface area contributed by atoms with E-state index in [9.17, 15) is 9.59 Å². The Labute approximate surface area is 426 Å². The van der Waals surface area contributed by atoms with E-state index >= 15 is 0 Å². The maximum Gasteiger partial charge on any atom is 0.193 e. The summed E-state index contributed by atoms with van der Waals surface area (Å²) in [6.07, 6.45) is 0. The molecule has 0 fully saturated rings. The van der Waals surface area contributed by atoms with Crippen LogP contribution in [0.3, 0.4) is 0 Å². The lowest BCUT2D eigenvalue weighted by atomic mass is 9.93. The summed E-state index contributed by atoms with van der Waals surface area (Å²) in [6, 6.07) is 99.2. The van der Waals surface area contributed by atoms with Crippen molar-refractivity contribution in [2.24, 2.45) is 0 Å². The van der Waals surface area contributed by atoms with Gasteiger partial charge in [0, 0.05) is 73.4 Å². The molecule has 0 heterocycles. The van der Waals surface area contributed by atoms with E-state index in [0.29, 0.717) is 22.3 Å². The molecule has 0 bridgehead atoms. The predicted molar refractivity (Wildman–Crippen MR) is 301 cm³/mol. The van der Waals surface area contributed by atoms with Crippen molar-refractivity contribution in [1.82, 2.24) is 0 Å². The normalized spacial score (nSPS) is 10.8. The molecule has 0 atom stereocenters. The summed E-state index contributed by atoms with van der Waals surface area (Å²) in [5.74, 6) is -0.183. The van der Waals surface area contributed by atoms with Gasteiger partial charge in [-0.05, 0) is 131 Å². The van der Waals surface area contributed by atoms with Gasteiger partial charge in [-0.15, -0.1) is 0 Å². The van der Waals surface area contributed by atoms with Gasteiger partial charge in [0.1, 0.15) is 0 Å². The van der Waals surface area contributed by atoms with Crippen molar-refractivity contribution in [3.05, 3.63) is 320 Å². The van der Waals surface area contributed by atoms with E-state index in [1.165, 1.54) is 0 Å². The molecule has 5 nitrogen and oxygen atoms in total. The Hall–Kier alpha value is -9.84. The predicted octanol–water partition coefficient (Wildman–Crippen LogP) is 17.9. The van der Waals surface area contributed by atoms with Gasteiger partial charge < -0.3 is 14.7 Å². The molecule has 11 aromatic rings. The van der Waals surface area contributed by atoms with Crippen molar-refractivity contribution in [3.8, 4) is 22.3 Å². The second-order valence-corrected chi connectivity index (χ2v) is 17.6. The van der Waals surface area contributed by atoms with Crippen LogP contribution >= 0.6 is 0 Å². The number of anilines is 9. The molecule has 0 aliphatic rings. The molecule has 11 rings (SSSR count). The number of hydrogen-bond acceptors (Lipinski definition) is 5. The largest absolute Gasteiger partial charge is 0.311 e. The van der Waals surface area contributed by atoms with Gasteiger partial charge in [-0.2, -0.15) is 0 Å². The maximum atomic E-state index is 14.8. The zero-order valence-corrected chi connectivity index (χ0v) is 39.9. The Bertz CT molecular complexity index is 3340. The first-order chi connectivity index (χ1) is 36.1. The molecule has 0 aliphatic heterocycles. The first kappa shape index (κ1) is 45.6. The zero-order valence-electron chi connectivity index (χ0n) is 39.9. The Morgan fingerprint density at radius 2 is 0.466 bits per heavy atom. The Morgan fingerprint density at radius 3 is 0.781 bits per heavy atom. The number of nitrogens with zero attached hydrogens (tertiary/aromatic N) is 3. The summed E-state index contributed by atoms with van der Waals surface area (Å²) in [7, 11) is 0. The number of ketones is 2. The first-order valence-electron chi connectivity index (χ1n) is 24.4. The highest BCUT2D eigenvalue weighted by molar-refractivity contribution is 6.14. The minimum absolute atomic E-state index is 0.0915. The van der Waals surface area contributed by atoms with E-state index < -0.39 is 0 Å². The van der Waals surface area contributed by atoms with E-state index in [2.05, 4.69) is 112 Å². The van der Waals surface area contributed by atoms with Crippen LogP contribution in [0.5, 0.6) is 0 Å². The van der Waals surface area contributed by atoms with Crippen molar-refractivity contribution >= 4 is 62.8 Å². The number of carbonyl (C=O) groups is 2. The highest BCUT2D eigenvalue weighted by atomic mass is 16.1. The van der Waals surface area contributed by atoms with Gasteiger partial charge in [-0.1, -0.05) is 188 Å². The van der Waals surface area contributed by atoms with Crippen LogP contribution in [0.25, 0.3) is 22.3 Å². The van der Waals surface area contributed by atoms with Gasteiger partial charge >= 0.3 is 0 Å². The lowest BCUT2D eigenvalue weighted by Crippen LogP contribution is -2.13. The second-order valence-electron chi connectivity index (χ2n) is 17.6. The summed E-state index contributed by atoms with van der Waals surface area (Å²) in [6.45, 7) is 0. The smallest absolute Gasteiger partial charge is 0.193 e. The van der Waals surface area contributed by atoms with Crippen LogP contribution in [0, 0.1) is 0 Å². The van der Waals surface area contributed by atoms with Crippen molar-refractivity contribution in [2.45, 2.75) is 0 Å². The molecule has 348 valence electrons. The molecule has 0 saturated heterocycles. The first-order valence-corrected chi connectivity index (χ1v) is 24.4. The minimum Gasteiger partial charge on any atom is -0.311 e. The Morgan fingerprint density at radius 1 is 0.219 bits per heavy atom. The molecule has 0 spiro atoms. The molecule has 5 heteroatoms. The fourth-order valence-electron chi connectivity index (χ4n) is 9.56. The molecular formula is C68H49N3O2. The van der Waals surface area contributed by atoms with Gasteiger partial charge in [0.05, 0.1) is 0 Å². The fourth-order valence-corrected chi connectivity index (χ4v) is 9.56.